The van der Waals surface area contributed by atoms with E-state index in [4.69, 9.17) is 0 Å². The lowest BCUT2D eigenvalue weighted by Gasteiger charge is -2.20. The number of thiazole rings is 1. The molecule has 0 saturated heterocycles. The van der Waals surface area contributed by atoms with Gasteiger partial charge in [-0.15, -0.1) is 11.3 Å². The van der Waals surface area contributed by atoms with Crippen LogP contribution >= 0.6 is 23.1 Å². The molecule has 2 heterocycles. The first-order chi connectivity index (χ1) is 11.7. The summed E-state index contributed by atoms with van der Waals surface area (Å²) in [5.74, 6) is 1.02. The van der Waals surface area contributed by atoms with Crippen LogP contribution in [0.3, 0.4) is 0 Å². The lowest BCUT2D eigenvalue weighted by Crippen LogP contribution is -2.18. The fourth-order valence-corrected chi connectivity index (χ4v) is 4.12. The normalized spacial score (nSPS) is 13.8. The van der Waals surface area contributed by atoms with Crippen LogP contribution in [0.4, 0.5) is 5.82 Å². The van der Waals surface area contributed by atoms with E-state index in [0.717, 1.165) is 20.5 Å². The number of nitrogens with zero attached hydrogens (tertiary/aromatic N) is 3. The summed E-state index contributed by atoms with van der Waals surface area (Å²) in [6.45, 7) is 2.53. The molecule has 7 heteroatoms. The lowest BCUT2D eigenvalue weighted by atomic mass is 9.93. The van der Waals surface area contributed by atoms with Crippen LogP contribution in [-0.2, 0) is 0 Å². The van der Waals surface area contributed by atoms with Crippen LogP contribution in [0.15, 0.2) is 41.0 Å². The fourth-order valence-electron chi connectivity index (χ4n) is 2.64. The fraction of sp³-hybridized carbons (Fsp3) is 0.353. The predicted octanol–water partition coefficient (Wildman–Crippen LogP) is 3.77. The first-order valence-corrected chi connectivity index (χ1v) is 9.84. The topological polar surface area (TPSA) is 70.9 Å². The van der Waals surface area contributed by atoms with Gasteiger partial charge in [0.15, 0.2) is 9.99 Å². The van der Waals surface area contributed by atoms with Gasteiger partial charge in [-0.25, -0.2) is 15.0 Å². The molecule has 0 aliphatic carbocycles. The van der Waals surface area contributed by atoms with Gasteiger partial charge in [0.25, 0.3) is 0 Å². The number of anilines is 1. The third-order valence-corrected chi connectivity index (χ3v) is 5.80. The summed E-state index contributed by atoms with van der Waals surface area (Å²) in [6, 6.07) is 10.3. The Morgan fingerprint density at radius 3 is 2.75 bits per heavy atom. The van der Waals surface area contributed by atoms with Crippen LogP contribution in [0.1, 0.15) is 24.8 Å². The van der Waals surface area contributed by atoms with Crippen molar-refractivity contribution in [3.63, 3.8) is 0 Å². The van der Waals surface area contributed by atoms with Gasteiger partial charge in [0.2, 0.25) is 0 Å². The molecule has 0 spiro atoms. The van der Waals surface area contributed by atoms with Gasteiger partial charge in [-0.3, -0.25) is 0 Å². The molecule has 2 aromatic heterocycles. The Morgan fingerprint density at radius 1 is 1.25 bits per heavy atom. The van der Waals surface area contributed by atoms with Gasteiger partial charge in [-0.2, -0.15) is 0 Å². The van der Waals surface area contributed by atoms with Crippen LogP contribution in [0.5, 0.6) is 0 Å². The van der Waals surface area contributed by atoms with Crippen molar-refractivity contribution in [1.82, 2.24) is 15.0 Å². The molecule has 1 aromatic carbocycles. The highest BCUT2D eigenvalue weighted by Crippen LogP contribution is 2.31. The maximum Gasteiger partial charge on any atom is 0.176 e. The van der Waals surface area contributed by atoms with E-state index in [0.29, 0.717) is 13.0 Å². The van der Waals surface area contributed by atoms with E-state index in [1.807, 2.05) is 31.4 Å². The number of aromatic nitrogens is 3. The molecule has 3 rings (SSSR count). The molecule has 3 aromatic rings. The van der Waals surface area contributed by atoms with Gasteiger partial charge in [0.1, 0.15) is 16.8 Å². The average Bonchev–Trinajstić information content (AvgIpc) is 3.03. The third-order valence-electron chi connectivity index (χ3n) is 3.76. The van der Waals surface area contributed by atoms with E-state index < -0.39 is 0 Å². The van der Waals surface area contributed by atoms with Gasteiger partial charge >= 0.3 is 0 Å². The zero-order valence-electron chi connectivity index (χ0n) is 13.6. The maximum absolute atomic E-state index is 9.82. The number of thioether (sulfide) groups is 1. The SMILES string of the molecule is CSc1nc2ncnc(NCC(CC(C)O)c3ccccc3)c2s1. The predicted molar refractivity (Wildman–Crippen MR) is 101 cm³/mol. The molecular weight excluding hydrogens is 340 g/mol. The highest BCUT2D eigenvalue weighted by atomic mass is 32.2. The van der Waals surface area contributed by atoms with E-state index in [9.17, 15) is 5.11 Å². The minimum Gasteiger partial charge on any atom is -0.393 e. The van der Waals surface area contributed by atoms with Crippen molar-refractivity contribution in [2.24, 2.45) is 0 Å². The quantitative estimate of drug-likeness (QED) is 0.625. The van der Waals surface area contributed by atoms with Gasteiger partial charge in [0.05, 0.1) is 6.10 Å². The van der Waals surface area contributed by atoms with Gasteiger partial charge < -0.3 is 10.4 Å². The Kier molecular flexibility index (Phi) is 5.65. The minimum absolute atomic E-state index is 0.212. The van der Waals surface area contributed by atoms with Gasteiger partial charge in [-0.1, -0.05) is 42.1 Å². The first-order valence-electron chi connectivity index (χ1n) is 7.79. The Hall–Kier alpha value is -1.70. The number of hydrogen-bond acceptors (Lipinski definition) is 7. The molecule has 2 N–H and O–H groups in total. The highest BCUT2D eigenvalue weighted by molar-refractivity contribution is 8.00. The number of hydrogen-bond donors (Lipinski definition) is 2. The van der Waals surface area contributed by atoms with E-state index in [1.165, 1.54) is 5.56 Å². The van der Waals surface area contributed by atoms with Crippen molar-refractivity contribution in [3.8, 4) is 0 Å². The number of aliphatic hydroxyl groups excluding tert-OH is 1. The van der Waals surface area contributed by atoms with Crippen LogP contribution in [-0.4, -0.2) is 39.0 Å². The number of fused-ring (bicyclic) bond motifs is 1. The van der Waals surface area contributed by atoms with Crippen molar-refractivity contribution in [1.29, 1.82) is 0 Å². The molecule has 2 unspecified atom stereocenters. The molecule has 0 bridgehead atoms. The molecule has 0 aliphatic heterocycles. The summed E-state index contributed by atoms with van der Waals surface area (Å²) in [5, 5.41) is 13.3. The molecule has 0 aliphatic rings. The second-order valence-corrected chi connectivity index (χ2v) is 7.68. The second-order valence-electron chi connectivity index (χ2n) is 5.63. The van der Waals surface area contributed by atoms with Crippen LogP contribution in [0.25, 0.3) is 10.3 Å². The molecule has 0 fully saturated rings. The number of nitrogens with one attached hydrogen (secondary N) is 1. The molecule has 126 valence electrons. The highest BCUT2D eigenvalue weighted by Gasteiger charge is 2.16. The summed E-state index contributed by atoms with van der Waals surface area (Å²) in [6.07, 6.45) is 3.89. The van der Waals surface area contributed by atoms with Crippen molar-refractivity contribution in [2.75, 3.05) is 18.1 Å². The zero-order valence-corrected chi connectivity index (χ0v) is 15.3. The third kappa shape index (κ3) is 4.03. The van der Waals surface area contributed by atoms with Crippen molar-refractivity contribution in [2.45, 2.75) is 29.7 Å². The maximum atomic E-state index is 9.82. The number of rotatable bonds is 7. The summed E-state index contributed by atoms with van der Waals surface area (Å²) in [7, 11) is 0. The lowest BCUT2D eigenvalue weighted by molar-refractivity contribution is 0.175. The van der Waals surface area contributed by atoms with Gasteiger partial charge in [-0.05, 0) is 25.2 Å². The van der Waals surface area contributed by atoms with Crippen LogP contribution < -0.4 is 5.32 Å². The molecular formula is C17H20N4OS2. The Bertz CT molecular complexity index is 792. The minimum atomic E-state index is -0.353. The van der Waals surface area contributed by atoms with E-state index in [2.05, 4.69) is 32.4 Å². The summed E-state index contributed by atoms with van der Waals surface area (Å²) in [4.78, 5) is 13.1. The monoisotopic (exact) mass is 360 g/mol. The van der Waals surface area contributed by atoms with E-state index >= 15 is 0 Å². The molecule has 0 amide bonds. The Balaban J connectivity index is 1.80. The van der Waals surface area contributed by atoms with Crippen molar-refractivity contribution in [3.05, 3.63) is 42.2 Å². The standard InChI is InChI=1S/C17H20N4OS2/c1-11(22)8-13(12-6-4-3-5-7-12)9-18-15-14-16(20-10-19-15)21-17(23-2)24-14/h3-7,10-11,13,22H,8-9H2,1-2H3,(H,18,19,20). The zero-order chi connectivity index (χ0) is 16.9. The number of benzene rings is 1. The molecule has 2 atom stereocenters. The smallest absolute Gasteiger partial charge is 0.176 e. The summed E-state index contributed by atoms with van der Waals surface area (Å²) in [5.41, 5.74) is 1.94. The van der Waals surface area contributed by atoms with Crippen LogP contribution in [0.2, 0.25) is 0 Å². The summed E-state index contributed by atoms with van der Waals surface area (Å²) < 4.78 is 1.96. The van der Waals surface area contributed by atoms with Crippen LogP contribution in [0, 0.1) is 0 Å². The first kappa shape index (κ1) is 17.1. The Morgan fingerprint density at radius 2 is 2.04 bits per heavy atom. The van der Waals surface area contributed by atoms with Crippen molar-refractivity contribution < 1.29 is 5.11 Å². The molecule has 0 radical (unpaired) electrons. The molecule has 24 heavy (non-hydrogen) atoms. The number of aliphatic hydroxyl groups is 1. The summed E-state index contributed by atoms with van der Waals surface area (Å²) >= 11 is 3.21. The van der Waals surface area contributed by atoms with Crippen molar-refractivity contribution >= 4 is 39.3 Å². The largest absolute Gasteiger partial charge is 0.393 e. The molecule has 5 nitrogen and oxygen atoms in total. The Labute approximate surface area is 149 Å². The van der Waals surface area contributed by atoms with E-state index in [1.54, 1.807) is 29.4 Å². The second kappa shape index (κ2) is 7.92. The average molecular weight is 361 g/mol. The molecule has 0 saturated carbocycles. The van der Waals surface area contributed by atoms with E-state index in [-0.39, 0.29) is 12.0 Å². The van der Waals surface area contributed by atoms with Gasteiger partial charge in [0, 0.05) is 12.5 Å².